The largest absolute Gasteiger partial charge is 0.490 e. The SMILES string of the molecule is CCOc1cc(/C=C2/C(=N)N3N=C(c4cccs4)SC3=NC2=O)ccc1OS(C)(=O)=O. The maximum atomic E-state index is 12.6. The molecule has 2 aliphatic heterocycles. The highest BCUT2D eigenvalue weighted by Crippen LogP contribution is 2.34. The van der Waals surface area contributed by atoms with Crippen molar-refractivity contribution < 1.29 is 22.1 Å². The molecule has 0 aliphatic carbocycles. The molecule has 0 atom stereocenters. The van der Waals surface area contributed by atoms with Crippen LogP contribution in [0.15, 0.2) is 51.4 Å². The molecule has 2 aromatic rings. The van der Waals surface area contributed by atoms with Crippen LogP contribution in [0.5, 0.6) is 11.5 Å². The Labute approximate surface area is 186 Å². The minimum absolute atomic E-state index is 0.0398. The van der Waals surface area contributed by atoms with Crippen molar-refractivity contribution in [1.82, 2.24) is 5.01 Å². The molecule has 1 amide bonds. The number of aliphatic imine (C=N–C) groups is 1. The molecule has 0 unspecified atom stereocenters. The lowest BCUT2D eigenvalue weighted by Gasteiger charge is -2.20. The van der Waals surface area contributed by atoms with Crippen LogP contribution in [0.25, 0.3) is 6.08 Å². The Morgan fingerprint density at radius 3 is 2.74 bits per heavy atom. The first kappa shape index (κ1) is 21.3. The van der Waals surface area contributed by atoms with Crippen LogP contribution in [0, 0.1) is 5.41 Å². The Morgan fingerprint density at radius 2 is 2.06 bits per heavy atom. The molecule has 31 heavy (non-hydrogen) atoms. The van der Waals surface area contributed by atoms with Gasteiger partial charge in [-0.25, -0.2) is 0 Å². The Hall–Kier alpha value is -2.96. The Balaban J connectivity index is 1.67. The maximum absolute atomic E-state index is 12.6. The number of amides is 1. The number of carbonyl (C=O) groups excluding carboxylic acids is 1. The van der Waals surface area contributed by atoms with Crippen LogP contribution in [0.1, 0.15) is 17.4 Å². The number of hydrogen-bond donors (Lipinski definition) is 1. The van der Waals surface area contributed by atoms with Gasteiger partial charge < -0.3 is 8.92 Å². The van der Waals surface area contributed by atoms with Gasteiger partial charge in [-0.05, 0) is 53.9 Å². The van der Waals surface area contributed by atoms with Crippen LogP contribution in [-0.4, -0.2) is 48.2 Å². The van der Waals surface area contributed by atoms with Gasteiger partial charge in [0.2, 0.25) is 5.17 Å². The van der Waals surface area contributed by atoms with Crippen molar-refractivity contribution in [3.8, 4) is 11.5 Å². The molecule has 2 aliphatic rings. The van der Waals surface area contributed by atoms with Gasteiger partial charge in [-0.3, -0.25) is 10.2 Å². The molecule has 0 radical (unpaired) electrons. The van der Waals surface area contributed by atoms with E-state index in [0.29, 0.717) is 15.8 Å². The first-order valence-electron chi connectivity index (χ1n) is 8.95. The number of carbonyl (C=O) groups is 1. The van der Waals surface area contributed by atoms with Gasteiger partial charge in [-0.2, -0.15) is 23.5 Å². The minimum Gasteiger partial charge on any atom is -0.490 e. The average molecular weight is 477 g/mol. The third kappa shape index (κ3) is 4.55. The summed E-state index contributed by atoms with van der Waals surface area (Å²) in [6.07, 6.45) is 2.43. The molecule has 0 saturated heterocycles. The van der Waals surface area contributed by atoms with E-state index >= 15 is 0 Å². The molecule has 0 spiro atoms. The predicted octanol–water partition coefficient (Wildman–Crippen LogP) is 3.15. The van der Waals surface area contributed by atoms with Gasteiger partial charge in [0.05, 0.1) is 23.3 Å². The number of fused-ring (bicyclic) bond motifs is 1. The summed E-state index contributed by atoms with van der Waals surface area (Å²) in [5.74, 6) is -0.404. The molecular weight excluding hydrogens is 460 g/mol. The Morgan fingerprint density at radius 1 is 1.26 bits per heavy atom. The smallest absolute Gasteiger partial charge is 0.306 e. The third-order valence-electron chi connectivity index (χ3n) is 4.01. The average Bonchev–Trinajstić information content (AvgIpc) is 3.36. The van der Waals surface area contributed by atoms with E-state index in [1.807, 2.05) is 17.5 Å². The number of thiophene rings is 1. The normalized spacial score (nSPS) is 17.5. The summed E-state index contributed by atoms with van der Waals surface area (Å²) in [7, 11) is -3.73. The van der Waals surface area contributed by atoms with E-state index in [1.54, 1.807) is 13.0 Å². The molecule has 3 heterocycles. The highest BCUT2D eigenvalue weighted by Gasteiger charge is 2.36. The molecule has 0 bridgehead atoms. The number of nitrogens with zero attached hydrogens (tertiary/aromatic N) is 3. The lowest BCUT2D eigenvalue weighted by atomic mass is 10.1. The summed E-state index contributed by atoms with van der Waals surface area (Å²) in [6.45, 7) is 2.04. The zero-order chi connectivity index (χ0) is 22.2. The topological polar surface area (TPSA) is 121 Å². The molecule has 0 fully saturated rings. The highest BCUT2D eigenvalue weighted by molar-refractivity contribution is 8.27. The van der Waals surface area contributed by atoms with Gasteiger partial charge >= 0.3 is 10.1 Å². The number of thioether (sulfide) groups is 1. The molecule has 1 N–H and O–H groups in total. The van der Waals surface area contributed by atoms with Gasteiger partial charge in [-0.15, -0.1) is 11.3 Å². The molecule has 9 nitrogen and oxygen atoms in total. The van der Waals surface area contributed by atoms with Crippen molar-refractivity contribution in [3.63, 3.8) is 0 Å². The van der Waals surface area contributed by atoms with Crippen molar-refractivity contribution in [1.29, 1.82) is 5.41 Å². The van der Waals surface area contributed by atoms with Crippen molar-refractivity contribution in [2.24, 2.45) is 10.1 Å². The fourth-order valence-corrected chi connectivity index (χ4v) is 4.92. The molecule has 0 saturated carbocycles. The second kappa shape index (κ2) is 8.29. The first-order valence-corrected chi connectivity index (χ1v) is 12.5. The van der Waals surface area contributed by atoms with Gasteiger partial charge in [0.15, 0.2) is 17.3 Å². The summed E-state index contributed by atoms with van der Waals surface area (Å²) < 4.78 is 33.3. The van der Waals surface area contributed by atoms with Crippen molar-refractivity contribution in [3.05, 3.63) is 51.7 Å². The van der Waals surface area contributed by atoms with Crippen LogP contribution in [0.2, 0.25) is 0 Å². The van der Waals surface area contributed by atoms with Crippen molar-refractivity contribution in [2.75, 3.05) is 12.9 Å². The van der Waals surface area contributed by atoms with E-state index in [-0.39, 0.29) is 29.5 Å². The van der Waals surface area contributed by atoms with Gasteiger partial charge in [0, 0.05) is 0 Å². The number of amidine groups is 2. The van der Waals surface area contributed by atoms with Gasteiger partial charge in [-0.1, -0.05) is 12.1 Å². The molecule has 1 aromatic heterocycles. The van der Waals surface area contributed by atoms with Gasteiger partial charge in [0.1, 0.15) is 5.04 Å². The molecule has 1 aromatic carbocycles. The number of benzene rings is 1. The third-order valence-corrected chi connectivity index (χ3v) is 6.44. The second-order valence-corrected chi connectivity index (χ2v) is 9.81. The standard InChI is InChI=1S/C19H16N4O5S3/c1-3-27-14-10-11(6-7-13(14)28-31(2,25)26)9-12-16(20)23-19(21-17(12)24)30-18(22-23)15-5-4-8-29-15/h4-10,20H,3H2,1-2H3/b12-9-,20-16?. The number of hydrazone groups is 1. The summed E-state index contributed by atoms with van der Waals surface area (Å²) in [5.41, 5.74) is 0.574. The lowest BCUT2D eigenvalue weighted by Crippen LogP contribution is -2.35. The zero-order valence-electron chi connectivity index (χ0n) is 16.4. The molecule has 12 heteroatoms. The molecular formula is C19H16N4O5S3. The second-order valence-electron chi connectivity index (χ2n) is 6.33. The molecule has 160 valence electrons. The van der Waals surface area contributed by atoms with Crippen LogP contribution < -0.4 is 8.92 Å². The number of ether oxygens (including phenoxy) is 1. The maximum Gasteiger partial charge on any atom is 0.306 e. The van der Waals surface area contributed by atoms with Crippen LogP contribution in [-0.2, 0) is 14.9 Å². The number of rotatable bonds is 6. The van der Waals surface area contributed by atoms with Crippen molar-refractivity contribution in [2.45, 2.75) is 6.92 Å². The summed E-state index contributed by atoms with van der Waals surface area (Å²) in [4.78, 5) is 17.6. The predicted molar refractivity (Wildman–Crippen MR) is 122 cm³/mol. The zero-order valence-corrected chi connectivity index (χ0v) is 18.8. The first-order chi connectivity index (χ1) is 14.7. The fourth-order valence-electron chi connectivity index (χ4n) is 2.77. The number of hydrogen-bond acceptors (Lipinski definition) is 9. The van der Waals surface area contributed by atoms with Gasteiger partial charge in [0.25, 0.3) is 5.91 Å². The quantitative estimate of drug-likeness (QED) is 0.502. The summed E-state index contributed by atoms with van der Waals surface area (Å²) in [6, 6.07) is 8.35. The van der Waals surface area contributed by atoms with Crippen LogP contribution in [0.4, 0.5) is 0 Å². The summed E-state index contributed by atoms with van der Waals surface area (Å²) in [5, 5.41) is 17.2. The lowest BCUT2D eigenvalue weighted by molar-refractivity contribution is -0.114. The fraction of sp³-hybridized carbons (Fsp3) is 0.158. The number of nitrogens with one attached hydrogen (secondary N) is 1. The van der Waals surface area contributed by atoms with E-state index < -0.39 is 16.0 Å². The molecule has 4 rings (SSSR count). The Kier molecular flexibility index (Phi) is 5.69. The van der Waals surface area contributed by atoms with E-state index in [2.05, 4.69) is 10.1 Å². The van der Waals surface area contributed by atoms with E-state index in [4.69, 9.17) is 14.3 Å². The monoisotopic (exact) mass is 476 g/mol. The van der Waals surface area contributed by atoms with E-state index in [1.165, 1.54) is 46.3 Å². The summed E-state index contributed by atoms with van der Waals surface area (Å²) >= 11 is 2.75. The highest BCUT2D eigenvalue weighted by atomic mass is 32.2. The van der Waals surface area contributed by atoms with Crippen molar-refractivity contribution >= 4 is 61.2 Å². The van der Waals surface area contributed by atoms with E-state index in [0.717, 1.165) is 11.1 Å². The van der Waals surface area contributed by atoms with E-state index in [9.17, 15) is 13.2 Å². The minimum atomic E-state index is -3.73. The van der Waals surface area contributed by atoms with Crippen LogP contribution >= 0.6 is 23.1 Å². The Bertz CT molecular complexity index is 1260. The van der Waals surface area contributed by atoms with Crippen LogP contribution in [0.3, 0.4) is 0 Å².